The van der Waals surface area contributed by atoms with Crippen molar-refractivity contribution in [3.8, 4) is 33.8 Å². The van der Waals surface area contributed by atoms with E-state index in [4.69, 9.17) is 14.8 Å². The molecule has 0 spiro atoms. The molecule has 5 heterocycles. The third-order valence-corrected chi connectivity index (χ3v) is 8.77. The summed E-state index contributed by atoms with van der Waals surface area (Å²) in [5, 5.41) is 9.45. The van der Waals surface area contributed by atoms with Crippen molar-refractivity contribution in [1.82, 2.24) is 34.7 Å². The number of nitrogens with one attached hydrogen (secondary N) is 2. The number of pyridine rings is 3. The first-order valence-electron chi connectivity index (χ1n) is 14.3. The van der Waals surface area contributed by atoms with Crippen molar-refractivity contribution in [2.24, 2.45) is 0 Å². The molecule has 0 aliphatic carbocycles. The summed E-state index contributed by atoms with van der Waals surface area (Å²) in [5.74, 6) is 0.658. The minimum atomic E-state index is -1.20. The van der Waals surface area contributed by atoms with Crippen LogP contribution in [0.3, 0.4) is 0 Å². The van der Waals surface area contributed by atoms with E-state index in [1.165, 1.54) is 0 Å². The fraction of sp³-hybridized carbons (Fsp3) is 0.281. The van der Waals surface area contributed by atoms with Gasteiger partial charge >= 0.3 is 0 Å². The van der Waals surface area contributed by atoms with Crippen LogP contribution in [0.5, 0.6) is 0 Å². The van der Waals surface area contributed by atoms with Gasteiger partial charge in [0.05, 0.1) is 11.2 Å². The van der Waals surface area contributed by atoms with Crippen molar-refractivity contribution in [2.45, 2.75) is 52.3 Å². The molecule has 0 amide bonds. The molecule has 0 unspecified atom stereocenters. The van der Waals surface area contributed by atoms with Crippen LogP contribution in [-0.2, 0) is 11.5 Å². The van der Waals surface area contributed by atoms with Gasteiger partial charge in [0.25, 0.3) is 0 Å². The fourth-order valence-corrected chi connectivity index (χ4v) is 5.71. The van der Waals surface area contributed by atoms with Gasteiger partial charge in [0.2, 0.25) is 0 Å². The maximum absolute atomic E-state index is 6.12. The van der Waals surface area contributed by atoms with E-state index >= 15 is 0 Å². The van der Waals surface area contributed by atoms with Crippen LogP contribution in [0.25, 0.3) is 55.8 Å². The number of nitrogens with zero attached hydrogens (tertiary/aromatic N) is 6. The number of anilines is 1. The molecule has 0 radical (unpaired) electrons. The Balaban J connectivity index is 1.44. The van der Waals surface area contributed by atoms with Crippen LogP contribution in [0.4, 0.5) is 5.69 Å². The summed E-state index contributed by atoms with van der Waals surface area (Å²) in [6, 6.07) is 15.8. The summed E-state index contributed by atoms with van der Waals surface area (Å²) in [7, 11) is -1.20. The van der Waals surface area contributed by atoms with E-state index in [2.05, 4.69) is 83.0 Å². The number of rotatable bonds is 10. The molecule has 0 aliphatic heterocycles. The van der Waals surface area contributed by atoms with Crippen LogP contribution in [0, 0.1) is 0 Å². The second-order valence-corrected chi connectivity index (χ2v) is 17.7. The molecule has 0 aliphatic rings. The lowest BCUT2D eigenvalue weighted by Gasteiger charge is -2.15. The summed E-state index contributed by atoms with van der Waals surface area (Å²) < 4.78 is 8.05. The average Bonchev–Trinajstić information content (AvgIpc) is 3.56. The topological polar surface area (TPSA) is 106 Å². The standard InChI is InChI=1S/C32H36N8OSi/c1-21(2)36-25-15-24(18-34-19-25)22-8-9-28-27(16-22)30(39-40(28)20-41-13-14-42(3,4)5)32-37-29-26(10-12-35-31(29)38-32)23-7-6-11-33-17-23/h6-12,15-19,21,36H,13-14,20H2,1-5H3,(H,35,37,38). The molecule has 1 aromatic carbocycles. The van der Waals surface area contributed by atoms with Crippen molar-refractivity contribution in [1.29, 1.82) is 0 Å². The first kappa shape index (κ1) is 27.7. The highest BCUT2D eigenvalue weighted by molar-refractivity contribution is 6.76. The second-order valence-electron chi connectivity index (χ2n) is 12.1. The highest BCUT2D eigenvalue weighted by Crippen LogP contribution is 2.34. The van der Waals surface area contributed by atoms with E-state index in [9.17, 15) is 0 Å². The van der Waals surface area contributed by atoms with E-state index in [1.807, 2.05) is 41.5 Å². The van der Waals surface area contributed by atoms with Gasteiger partial charge in [-0.25, -0.2) is 14.6 Å². The van der Waals surface area contributed by atoms with Crippen molar-refractivity contribution < 1.29 is 4.74 Å². The largest absolute Gasteiger partial charge is 0.382 e. The number of imidazole rings is 1. The molecule has 214 valence electrons. The van der Waals surface area contributed by atoms with Crippen LogP contribution in [0.15, 0.2) is 73.4 Å². The molecule has 5 aromatic heterocycles. The van der Waals surface area contributed by atoms with Gasteiger partial charge in [-0.3, -0.25) is 9.97 Å². The molecule has 42 heavy (non-hydrogen) atoms. The molecule has 6 rings (SSSR count). The highest BCUT2D eigenvalue weighted by Gasteiger charge is 2.19. The number of aromatic nitrogens is 7. The summed E-state index contributed by atoms with van der Waals surface area (Å²) >= 11 is 0. The van der Waals surface area contributed by atoms with Crippen LogP contribution < -0.4 is 5.32 Å². The Hall–Kier alpha value is -4.41. The third-order valence-electron chi connectivity index (χ3n) is 7.07. The summed E-state index contributed by atoms with van der Waals surface area (Å²) in [4.78, 5) is 21.8. The van der Waals surface area contributed by atoms with Crippen LogP contribution in [-0.4, -0.2) is 55.4 Å². The predicted molar refractivity (Wildman–Crippen MR) is 172 cm³/mol. The SMILES string of the molecule is CC(C)Nc1cncc(-c2ccc3c(c2)c(-c2nc4c(-c5cccnc5)ccnc4[nH]2)nn3COCC[Si](C)(C)C)c1. The van der Waals surface area contributed by atoms with E-state index < -0.39 is 8.07 Å². The Kier molecular flexibility index (Phi) is 7.57. The summed E-state index contributed by atoms with van der Waals surface area (Å²) in [6.07, 6.45) is 9.14. The van der Waals surface area contributed by atoms with Gasteiger partial charge in [0.15, 0.2) is 11.5 Å². The monoisotopic (exact) mass is 576 g/mol. The lowest BCUT2D eigenvalue weighted by Crippen LogP contribution is -2.22. The first-order chi connectivity index (χ1) is 20.2. The quantitative estimate of drug-likeness (QED) is 0.131. The number of hydrogen-bond donors (Lipinski definition) is 2. The third kappa shape index (κ3) is 5.95. The molecule has 0 fully saturated rings. The molecule has 0 saturated heterocycles. The Bertz CT molecular complexity index is 1840. The minimum absolute atomic E-state index is 0.313. The van der Waals surface area contributed by atoms with Crippen molar-refractivity contribution >= 4 is 35.8 Å². The number of hydrogen-bond acceptors (Lipinski definition) is 7. The van der Waals surface area contributed by atoms with E-state index in [0.29, 0.717) is 24.2 Å². The second kappa shape index (κ2) is 11.5. The van der Waals surface area contributed by atoms with Gasteiger partial charge in [-0.1, -0.05) is 31.8 Å². The molecule has 0 saturated carbocycles. The zero-order valence-corrected chi connectivity index (χ0v) is 25.7. The molecule has 6 aromatic rings. The van der Waals surface area contributed by atoms with Crippen molar-refractivity contribution in [3.05, 3.63) is 73.4 Å². The molecular formula is C32H36N8OSi. The lowest BCUT2D eigenvalue weighted by atomic mass is 10.0. The van der Waals surface area contributed by atoms with Crippen LogP contribution in [0.1, 0.15) is 13.8 Å². The smallest absolute Gasteiger partial charge is 0.160 e. The van der Waals surface area contributed by atoms with Gasteiger partial charge in [-0.2, -0.15) is 5.10 Å². The lowest BCUT2D eigenvalue weighted by molar-refractivity contribution is 0.0818. The van der Waals surface area contributed by atoms with E-state index in [-0.39, 0.29) is 0 Å². The van der Waals surface area contributed by atoms with Crippen molar-refractivity contribution in [3.63, 3.8) is 0 Å². The predicted octanol–water partition coefficient (Wildman–Crippen LogP) is 7.23. The van der Waals surface area contributed by atoms with Crippen LogP contribution >= 0.6 is 0 Å². The average molecular weight is 577 g/mol. The first-order valence-corrected chi connectivity index (χ1v) is 18.0. The Morgan fingerprint density at radius 2 is 1.81 bits per heavy atom. The number of aromatic amines is 1. The van der Waals surface area contributed by atoms with Gasteiger partial charge in [0, 0.05) is 73.8 Å². The number of H-pyrrole nitrogens is 1. The van der Waals surface area contributed by atoms with E-state index in [1.54, 1.807) is 12.4 Å². The Morgan fingerprint density at radius 1 is 0.952 bits per heavy atom. The van der Waals surface area contributed by atoms with Gasteiger partial charge < -0.3 is 15.0 Å². The zero-order chi connectivity index (χ0) is 29.3. The molecule has 2 N–H and O–H groups in total. The fourth-order valence-electron chi connectivity index (χ4n) is 4.95. The maximum atomic E-state index is 6.12. The van der Waals surface area contributed by atoms with Gasteiger partial charge in [0.1, 0.15) is 17.9 Å². The molecule has 10 heteroatoms. The summed E-state index contributed by atoms with van der Waals surface area (Å²) in [5.41, 5.74) is 8.23. The number of ether oxygens (including phenoxy) is 1. The molecule has 0 atom stereocenters. The molecular weight excluding hydrogens is 540 g/mol. The van der Waals surface area contributed by atoms with Crippen LogP contribution in [0.2, 0.25) is 25.7 Å². The highest BCUT2D eigenvalue weighted by atomic mass is 28.3. The maximum Gasteiger partial charge on any atom is 0.160 e. The van der Waals surface area contributed by atoms with Gasteiger partial charge in [-0.05, 0) is 55.8 Å². The minimum Gasteiger partial charge on any atom is -0.382 e. The molecule has 0 bridgehead atoms. The van der Waals surface area contributed by atoms with Crippen molar-refractivity contribution in [2.75, 3.05) is 11.9 Å². The normalized spacial score (nSPS) is 12.0. The Labute approximate surface area is 246 Å². The number of benzene rings is 1. The van der Waals surface area contributed by atoms with E-state index in [0.717, 1.165) is 62.7 Å². The summed E-state index contributed by atoms with van der Waals surface area (Å²) in [6.45, 7) is 12.4. The van der Waals surface area contributed by atoms with Gasteiger partial charge in [-0.15, -0.1) is 0 Å². The number of fused-ring (bicyclic) bond motifs is 2. The zero-order valence-electron chi connectivity index (χ0n) is 24.7. The Morgan fingerprint density at radius 3 is 2.60 bits per heavy atom. The molecule has 9 nitrogen and oxygen atoms in total.